The topological polar surface area (TPSA) is 98.5 Å². The van der Waals surface area contributed by atoms with E-state index in [-0.39, 0.29) is 13.2 Å². The lowest BCUT2D eigenvalue weighted by atomic mass is 10.1. The fraction of sp³-hybridized carbons (Fsp3) is 0.417. The Balaban J connectivity index is 2.52. The summed E-state index contributed by atoms with van der Waals surface area (Å²) in [5.74, 6) is -1.42. The van der Waals surface area contributed by atoms with Crippen LogP contribution in [0.3, 0.4) is 0 Å². The average Bonchev–Trinajstić information content (AvgIpc) is 2.37. The van der Waals surface area contributed by atoms with Gasteiger partial charge in [0.25, 0.3) is 0 Å². The van der Waals surface area contributed by atoms with Gasteiger partial charge in [-0.05, 0) is 18.1 Å². The van der Waals surface area contributed by atoms with E-state index in [2.05, 4.69) is 9.46 Å². The summed E-state index contributed by atoms with van der Waals surface area (Å²) in [5, 5.41) is 0. The Bertz CT molecular complexity index is 511. The van der Waals surface area contributed by atoms with E-state index >= 15 is 0 Å². The van der Waals surface area contributed by atoms with Gasteiger partial charge in [0.05, 0.1) is 6.61 Å². The predicted octanol–water partition coefficient (Wildman–Crippen LogP) is 0.128. The van der Waals surface area contributed by atoms with Gasteiger partial charge >= 0.3 is 5.97 Å². The molecule has 0 aliphatic heterocycles. The van der Waals surface area contributed by atoms with E-state index in [4.69, 9.17) is 5.73 Å². The van der Waals surface area contributed by atoms with Crippen molar-refractivity contribution in [2.24, 2.45) is 5.73 Å². The maximum atomic E-state index is 11.6. The van der Waals surface area contributed by atoms with Crippen LogP contribution < -0.4 is 10.5 Å². The molecule has 6 nitrogen and oxygen atoms in total. The normalized spacial score (nSPS) is 11.3. The zero-order valence-electron chi connectivity index (χ0n) is 10.8. The number of ether oxygens (including phenoxy) is 1. The van der Waals surface area contributed by atoms with Crippen LogP contribution in [-0.2, 0) is 32.6 Å². The lowest BCUT2D eigenvalue weighted by Gasteiger charge is -2.07. The summed E-state index contributed by atoms with van der Waals surface area (Å²) in [6, 6.07) is 7.23. The Morgan fingerprint density at radius 3 is 2.37 bits per heavy atom. The van der Waals surface area contributed by atoms with Gasteiger partial charge in [-0.2, -0.15) is 0 Å². The molecule has 0 saturated carbocycles. The quantitative estimate of drug-likeness (QED) is 0.694. The molecule has 0 radical (unpaired) electrons. The molecule has 0 aliphatic carbocycles. The van der Waals surface area contributed by atoms with E-state index in [9.17, 15) is 13.2 Å². The highest BCUT2D eigenvalue weighted by Crippen LogP contribution is 2.04. The van der Waals surface area contributed by atoms with Gasteiger partial charge in [-0.3, -0.25) is 4.79 Å². The minimum Gasteiger partial charge on any atom is -0.465 e. The molecule has 0 bridgehead atoms. The molecule has 0 amide bonds. The first kappa shape index (κ1) is 15.6. The van der Waals surface area contributed by atoms with Gasteiger partial charge in [-0.15, -0.1) is 0 Å². The lowest BCUT2D eigenvalue weighted by molar-refractivity contribution is -0.139. The number of sulfonamides is 1. The summed E-state index contributed by atoms with van der Waals surface area (Å²) in [4.78, 5) is 11.1. The number of hydrogen-bond donors (Lipinski definition) is 2. The monoisotopic (exact) mass is 286 g/mol. The van der Waals surface area contributed by atoms with E-state index in [0.717, 1.165) is 11.1 Å². The van der Waals surface area contributed by atoms with Crippen LogP contribution in [0.25, 0.3) is 0 Å². The molecule has 7 heteroatoms. The van der Waals surface area contributed by atoms with Crippen LogP contribution in [0.2, 0.25) is 0 Å². The van der Waals surface area contributed by atoms with Crippen molar-refractivity contribution in [3.05, 3.63) is 35.4 Å². The number of carbonyl (C=O) groups is 1. The van der Waals surface area contributed by atoms with Crippen molar-refractivity contribution in [1.29, 1.82) is 0 Å². The van der Waals surface area contributed by atoms with Gasteiger partial charge in [-0.1, -0.05) is 24.3 Å². The predicted molar refractivity (Wildman–Crippen MR) is 71.6 cm³/mol. The SMILES string of the molecule is CCOC(=O)CS(=O)(=O)NCc1ccc(CN)cc1. The van der Waals surface area contributed by atoms with E-state index < -0.39 is 21.7 Å². The van der Waals surface area contributed by atoms with Crippen molar-refractivity contribution in [1.82, 2.24) is 4.72 Å². The number of benzene rings is 1. The summed E-state index contributed by atoms with van der Waals surface area (Å²) in [6.07, 6.45) is 0. The molecular weight excluding hydrogens is 268 g/mol. The third-order valence-corrected chi connectivity index (χ3v) is 3.57. The maximum absolute atomic E-state index is 11.6. The van der Waals surface area contributed by atoms with E-state index in [1.807, 2.05) is 12.1 Å². The molecule has 0 spiro atoms. The number of carbonyl (C=O) groups excluding carboxylic acids is 1. The highest BCUT2D eigenvalue weighted by molar-refractivity contribution is 7.90. The second kappa shape index (κ2) is 7.22. The Morgan fingerprint density at radius 2 is 1.84 bits per heavy atom. The van der Waals surface area contributed by atoms with E-state index in [1.165, 1.54) is 0 Å². The zero-order chi connectivity index (χ0) is 14.3. The first-order valence-electron chi connectivity index (χ1n) is 5.87. The molecule has 3 N–H and O–H groups in total. The lowest BCUT2D eigenvalue weighted by Crippen LogP contribution is -2.30. The smallest absolute Gasteiger partial charge is 0.322 e. The van der Waals surface area contributed by atoms with Crippen LogP contribution in [-0.4, -0.2) is 26.7 Å². The van der Waals surface area contributed by atoms with Crippen molar-refractivity contribution in [3.63, 3.8) is 0 Å². The fourth-order valence-electron chi connectivity index (χ4n) is 1.40. The minimum atomic E-state index is -3.67. The van der Waals surface area contributed by atoms with Crippen molar-refractivity contribution in [2.75, 3.05) is 12.4 Å². The number of hydrogen-bond acceptors (Lipinski definition) is 5. The Hall–Kier alpha value is -1.44. The Labute approximate surface area is 113 Å². The number of esters is 1. The van der Waals surface area contributed by atoms with Gasteiger partial charge in [0.15, 0.2) is 5.75 Å². The van der Waals surface area contributed by atoms with Crippen molar-refractivity contribution in [3.8, 4) is 0 Å². The van der Waals surface area contributed by atoms with Crippen molar-refractivity contribution in [2.45, 2.75) is 20.0 Å². The molecule has 1 aromatic carbocycles. The summed E-state index contributed by atoms with van der Waals surface area (Å²) in [7, 11) is -3.67. The standard InChI is InChI=1S/C12H18N2O4S/c1-2-18-12(15)9-19(16,17)14-8-11-5-3-10(7-13)4-6-11/h3-6,14H,2,7-9,13H2,1H3. The molecule has 0 saturated heterocycles. The third kappa shape index (κ3) is 5.82. The minimum absolute atomic E-state index is 0.132. The van der Waals surface area contributed by atoms with Gasteiger partial charge in [-0.25, -0.2) is 13.1 Å². The number of nitrogens with two attached hydrogens (primary N) is 1. The van der Waals surface area contributed by atoms with E-state index in [0.29, 0.717) is 6.54 Å². The molecule has 1 aromatic rings. The van der Waals surface area contributed by atoms with Crippen LogP contribution in [0.15, 0.2) is 24.3 Å². The molecule has 106 valence electrons. The van der Waals surface area contributed by atoms with Crippen LogP contribution in [0, 0.1) is 0 Å². The Kier molecular flexibility index (Phi) is 5.94. The average molecular weight is 286 g/mol. The fourth-order valence-corrected chi connectivity index (χ4v) is 2.28. The summed E-state index contributed by atoms with van der Waals surface area (Å²) < 4.78 is 30.1. The second-order valence-corrected chi connectivity index (χ2v) is 5.71. The first-order chi connectivity index (χ1) is 8.96. The molecule has 0 atom stereocenters. The molecular formula is C12H18N2O4S. The summed E-state index contributed by atoms with van der Waals surface area (Å²) in [6.45, 7) is 2.35. The molecule has 19 heavy (non-hydrogen) atoms. The molecule has 0 fully saturated rings. The highest BCUT2D eigenvalue weighted by atomic mass is 32.2. The van der Waals surface area contributed by atoms with E-state index in [1.54, 1.807) is 19.1 Å². The van der Waals surface area contributed by atoms with Gasteiger partial charge in [0, 0.05) is 13.1 Å². The highest BCUT2D eigenvalue weighted by Gasteiger charge is 2.16. The Morgan fingerprint density at radius 1 is 1.26 bits per heavy atom. The number of nitrogens with one attached hydrogen (secondary N) is 1. The van der Waals surface area contributed by atoms with Crippen molar-refractivity contribution >= 4 is 16.0 Å². The van der Waals surface area contributed by atoms with Gasteiger partial charge in [0.2, 0.25) is 10.0 Å². The number of rotatable bonds is 7. The molecule has 0 unspecified atom stereocenters. The molecule has 0 aliphatic rings. The summed E-state index contributed by atoms with van der Waals surface area (Å²) in [5.41, 5.74) is 7.23. The van der Waals surface area contributed by atoms with Crippen LogP contribution in [0.4, 0.5) is 0 Å². The molecule has 0 heterocycles. The largest absolute Gasteiger partial charge is 0.465 e. The van der Waals surface area contributed by atoms with Gasteiger partial charge < -0.3 is 10.5 Å². The van der Waals surface area contributed by atoms with Crippen molar-refractivity contribution < 1.29 is 17.9 Å². The van der Waals surface area contributed by atoms with Crippen LogP contribution >= 0.6 is 0 Å². The van der Waals surface area contributed by atoms with Crippen LogP contribution in [0.5, 0.6) is 0 Å². The van der Waals surface area contributed by atoms with Gasteiger partial charge in [0.1, 0.15) is 0 Å². The molecule has 0 aromatic heterocycles. The zero-order valence-corrected chi connectivity index (χ0v) is 11.6. The maximum Gasteiger partial charge on any atom is 0.322 e. The van der Waals surface area contributed by atoms with Crippen LogP contribution in [0.1, 0.15) is 18.1 Å². The third-order valence-electron chi connectivity index (χ3n) is 2.37. The second-order valence-electron chi connectivity index (χ2n) is 3.91. The summed E-state index contributed by atoms with van der Waals surface area (Å²) >= 11 is 0. The first-order valence-corrected chi connectivity index (χ1v) is 7.53. The molecule has 1 rings (SSSR count).